The molecule has 0 fully saturated rings. The Morgan fingerprint density at radius 3 is 2.89 bits per heavy atom. The van der Waals surface area contributed by atoms with Gasteiger partial charge in [-0.1, -0.05) is 33.6 Å². The number of benzene rings is 1. The monoisotopic (exact) mass is 562 g/mol. The molecule has 0 atom stereocenters. The van der Waals surface area contributed by atoms with Gasteiger partial charge in [-0.15, -0.1) is 34.2 Å². The van der Waals surface area contributed by atoms with Gasteiger partial charge in [-0.25, -0.2) is 4.99 Å². The Hall–Kier alpha value is -1.39. The Bertz CT molecular complexity index is 914. The molecular formula is C18H21BrClIN6. The molecule has 0 saturated carbocycles. The standard InChI is InChI=1S/C18H20BrClN6.HI/c1-2-21-18(22-9-8-13-11-14(20)6-7-15(13)19)23-12-17-25-24-16-5-3-4-10-26(16)17;/h3-7,10-11H,2,8-9,12H2,1H3,(H2,21,22,23);1H. The maximum atomic E-state index is 6.07. The fraction of sp³-hybridized carbons (Fsp3) is 0.278. The highest BCUT2D eigenvalue weighted by Gasteiger charge is 2.05. The highest BCUT2D eigenvalue weighted by Crippen LogP contribution is 2.21. The molecule has 9 heteroatoms. The minimum atomic E-state index is 0. The van der Waals surface area contributed by atoms with Gasteiger partial charge < -0.3 is 10.6 Å². The number of pyridine rings is 1. The van der Waals surface area contributed by atoms with Crippen LogP contribution in [0.4, 0.5) is 0 Å². The Labute approximate surface area is 189 Å². The first-order valence-electron chi connectivity index (χ1n) is 8.42. The first kappa shape index (κ1) is 21.9. The Balaban J connectivity index is 0.00000261. The first-order chi connectivity index (χ1) is 12.7. The number of hydrogen-bond donors (Lipinski definition) is 2. The summed E-state index contributed by atoms with van der Waals surface area (Å²) in [7, 11) is 0. The van der Waals surface area contributed by atoms with Crippen molar-refractivity contribution in [3.05, 3.63) is 63.5 Å². The molecule has 2 N–H and O–H groups in total. The van der Waals surface area contributed by atoms with Crippen LogP contribution in [-0.2, 0) is 13.0 Å². The number of halogens is 3. The summed E-state index contributed by atoms with van der Waals surface area (Å²) in [6.07, 6.45) is 2.77. The molecule has 3 aromatic rings. The number of aliphatic imine (C=N–C) groups is 1. The van der Waals surface area contributed by atoms with E-state index in [1.54, 1.807) is 0 Å². The predicted molar refractivity (Wildman–Crippen MR) is 124 cm³/mol. The molecule has 2 heterocycles. The van der Waals surface area contributed by atoms with Crippen LogP contribution in [0.15, 0.2) is 52.1 Å². The molecule has 0 unspecified atom stereocenters. The molecule has 144 valence electrons. The summed E-state index contributed by atoms with van der Waals surface area (Å²) >= 11 is 9.63. The summed E-state index contributed by atoms with van der Waals surface area (Å²) < 4.78 is 3.00. The lowest BCUT2D eigenvalue weighted by Crippen LogP contribution is -2.38. The minimum Gasteiger partial charge on any atom is -0.357 e. The average Bonchev–Trinajstić information content (AvgIpc) is 3.06. The summed E-state index contributed by atoms with van der Waals surface area (Å²) in [5.74, 6) is 1.55. The van der Waals surface area contributed by atoms with Gasteiger partial charge in [0.05, 0.1) is 0 Å². The third-order valence-corrected chi connectivity index (χ3v) is 4.81. The van der Waals surface area contributed by atoms with Crippen molar-refractivity contribution in [3.63, 3.8) is 0 Å². The van der Waals surface area contributed by atoms with Crippen LogP contribution >= 0.6 is 51.5 Å². The first-order valence-corrected chi connectivity index (χ1v) is 9.59. The third kappa shape index (κ3) is 6.05. The van der Waals surface area contributed by atoms with Crippen molar-refractivity contribution in [1.82, 2.24) is 25.2 Å². The molecule has 2 aromatic heterocycles. The predicted octanol–water partition coefficient (Wildman–Crippen LogP) is 4.06. The zero-order valence-electron chi connectivity index (χ0n) is 14.8. The van der Waals surface area contributed by atoms with Crippen LogP contribution in [0.5, 0.6) is 0 Å². The second-order valence-electron chi connectivity index (χ2n) is 5.65. The number of hydrogen-bond acceptors (Lipinski definition) is 3. The van der Waals surface area contributed by atoms with Crippen molar-refractivity contribution < 1.29 is 0 Å². The molecule has 0 spiro atoms. The Kier molecular flexibility index (Phi) is 8.78. The molecule has 1 aromatic carbocycles. The molecule has 6 nitrogen and oxygen atoms in total. The average molecular weight is 564 g/mol. The van der Waals surface area contributed by atoms with E-state index in [4.69, 9.17) is 11.6 Å². The summed E-state index contributed by atoms with van der Waals surface area (Å²) in [6, 6.07) is 11.6. The molecule has 0 aliphatic rings. The van der Waals surface area contributed by atoms with Gasteiger partial charge in [0.15, 0.2) is 17.4 Å². The number of nitrogens with zero attached hydrogens (tertiary/aromatic N) is 4. The van der Waals surface area contributed by atoms with Crippen LogP contribution in [0.1, 0.15) is 18.3 Å². The molecule has 27 heavy (non-hydrogen) atoms. The summed E-state index contributed by atoms with van der Waals surface area (Å²) in [5.41, 5.74) is 1.98. The molecule has 0 aliphatic heterocycles. The molecule has 3 rings (SSSR count). The fourth-order valence-electron chi connectivity index (χ4n) is 2.54. The van der Waals surface area contributed by atoms with Gasteiger partial charge in [-0.05, 0) is 49.2 Å². The lowest BCUT2D eigenvalue weighted by atomic mass is 10.1. The largest absolute Gasteiger partial charge is 0.357 e. The zero-order valence-corrected chi connectivity index (χ0v) is 19.5. The van der Waals surface area contributed by atoms with Gasteiger partial charge in [0.2, 0.25) is 0 Å². The highest BCUT2D eigenvalue weighted by atomic mass is 127. The van der Waals surface area contributed by atoms with E-state index in [2.05, 4.69) is 41.8 Å². The van der Waals surface area contributed by atoms with E-state index in [0.29, 0.717) is 6.54 Å². The number of nitrogens with one attached hydrogen (secondary N) is 2. The van der Waals surface area contributed by atoms with Crippen molar-refractivity contribution in [1.29, 1.82) is 0 Å². The van der Waals surface area contributed by atoms with Crippen molar-refractivity contribution in [3.8, 4) is 0 Å². The second-order valence-corrected chi connectivity index (χ2v) is 6.94. The summed E-state index contributed by atoms with van der Waals surface area (Å²) in [4.78, 5) is 4.61. The minimum absolute atomic E-state index is 0. The van der Waals surface area contributed by atoms with E-state index in [9.17, 15) is 0 Å². The lowest BCUT2D eigenvalue weighted by Gasteiger charge is -2.12. The van der Waals surface area contributed by atoms with Crippen LogP contribution in [0.3, 0.4) is 0 Å². The highest BCUT2D eigenvalue weighted by molar-refractivity contribution is 14.0. The SMILES string of the molecule is CCNC(=NCc1nnc2ccccn12)NCCc1cc(Cl)ccc1Br.I. The van der Waals surface area contributed by atoms with Crippen molar-refractivity contribution >= 4 is 63.1 Å². The summed E-state index contributed by atoms with van der Waals surface area (Å²) in [5, 5.41) is 15.7. The van der Waals surface area contributed by atoms with E-state index in [0.717, 1.165) is 52.0 Å². The maximum Gasteiger partial charge on any atom is 0.191 e. The number of fused-ring (bicyclic) bond motifs is 1. The van der Waals surface area contributed by atoms with Gasteiger partial charge in [-0.3, -0.25) is 4.40 Å². The van der Waals surface area contributed by atoms with Gasteiger partial charge in [0.25, 0.3) is 0 Å². The third-order valence-electron chi connectivity index (χ3n) is 3.80. The van der Waals surface area contributed by atoms with Crippen molar-refractivity contribution in [2.45, 2.75) is 19.9 Å². The Morgan fingerprint density at radius 1 is 1.22 bits per heavy atom. The molecule has 0 amide bonds. The smallest absolute Gasteiger partial charge is 0.191 e. The topological polar surface area (TPSA) is 66.6 Å². The molecular weight excluding hydrogens is 543 g/mol. The van der Waals surface area contributed by atoms with Crippen molar-refractivity contribution in [2.75, 3.05) is 13.1 Å². The maximum absolute atomic E-state index is 6.07. The van der Waals surface area contributed by atoms with Crippen LogP contribution in [0.25, 0.3) is 5.65 Å². The number of guanidine groups is 1. The quantitative estimate of drug-likeness (QED) is 0.270. The Morgan fingerprint density at radius 2 is 2.07 bits per heavy atom. The molecule has 0 bridgehead atoms. The van der Waals surface area contributed by atoms with E-state index in [1.807, 2.05) is 53.9 Å². The summed E-state index contributed by atoms with van der Waals surface area (Å²) in [6.45, 7) is 4.01. The van der Waals surface area contributed by atoms with Crippen molar-refractivity contribution in [2.24, 2.45) is 4.99 Å². The van der Waals surface area contributed by atoms with Gasteiger partial charge in [-0.2, -0.15) is 0 Å². The normalized spacial score (nSPS) is 11.3. The molecule has 0 radical (unpaired) electrons. The van der Waals surface area contributed by atoms with E-state index >= 15 is 0 Å². The fourth-order valence-corrected chi connectivity index (χ4v) is 3.18. The molecule has 0 saturated heterocycles. The van der Waals surface area contributed by atoms with Gasteiger partial charge >= 0.3 is 0 Å². The van der Waals surface area contributed by atoms with Crippen LogP contribution in [0, 0.1) is 0 Å². The van der Waals surface area contributed by atoms with E-state index in [1.165, 1.54) is 0 Å². The van der Waals surface area contributed by atoms with Crippen LogP contribution in [-0.4, -0.2) is 33.6 Å². The number of rotatable bonds is 6. The van der Waals surface area contributed by atoms with E-state index < -0.39 is 0 Å². The van der Waals surface area contributed by atoms with E-state index in [-0.39, 0.29) is 24.0 Å². The second kappa shape index (κ2) is 10.8. The van der Waals surface area contributed by atoms with Crippen LogP contribution < -0.4 is 10.6 Å². The number of aromatic nitrogens is 3. The molecule has 0 aliphatic carbocycles. The van der Waals surface area contributed by atoms with Gasteiger partial charge in [0.1, 0.15) is 6.54 Å². The van der Waals surface area contributed by atoms with Gasteiger partial charge in [0, 0.05) is 28.8 Å². The lowest BCUT2D eigenvalue weighted by molar-refractivity contribution is 0.786. The zero-order chi connectivity index (χ0) is 18.4. The van der Waals surface area contributed by atoms with Crippen LogP contribution in [0.2, 0.25) is 5.02 Å².